The first-order valence-corrected chi connectivity index (χ1v) is 14.6. The average molecular weight is 577 g/mol. The highest BCUT2D eigenvalue weighted by molar-refractivity contribution is 6.29. The van der Waals surface area contributed by atoms with E-state index in [0.717, 1.165) is 42.2 Å². The minimum absolute atomic E-state index is 0.0576. The average Bonchev–Trinajstić information content (AvgIpc) is 3.68. The maximum Gasteiger partial charge on any atom is 0.269 e. The number of carbonyl (C=O) groups excluding carboxylic acids is 1. The number of hydrogen-bond donors (Lipinski definition) is 2. The van der Waals surface area contributed by atoms with Gasteiger partial charge in [-0.15, -0.1) is 0 Å². The van der Waals surface area contributed by atoms with E-state index in [2.05, 4.69) is 26.1 Å². The quantitative estimate of drug-likeness (QED) is 0.304. The molecule has 0 spiro atoms. The molecule has 11 heteroatoms. The van der Waals surface area contributed by atoms with Crippen molar-refractivity contribution in [3.8, 4) is 0 Å². The topological polar surface area (TPSA) is 124 Å². The fourth-order valence-corrected chi connectivity index (χ4v) is 5.55. The summed E-state index contributed by atoms with van der Waals surface area (Å²) in [4.78, 5) is 36.9. The van der Waals surface area contributed by atoms with E-state index in [1.54, 1.807) is 23.7 Å². The molecule has 216 valence electrons. The molecule has 1 atom stereocenters. The van der Waals surface area contributed by atoms with Crippen molar-refractivity contribution < 1.29 is 4.79 Å². The van der Waals surface area contributed by atoms with Crippen molar-refractivity contribution in [3.63, 3.8) is 0 Å². The van der Waals surface area contributed by atoms with Crippen LogP contribution in [0.2, 0.25) is 5.15 Å². The molecule has 3 aromatic heterocycles. The van der Waals surface area contributed by atoms with Gasteiger partial charge in [0.15, 0.2) is 5.69 Å². The number of pyridine rings is 1. The van der Waals surface area contributed by atoms with Crippen LogP contribution in [0.4, 0.5) is 11.6 Å². The molecule has 1 aliphatic carbocycles. The molecule has 4 aromatic rings. The second kappa shape index (κ2) is 11.5. The van der Waals surface area contributed by atoms with E-state index < -0.39 is 5.91 Å². The molecule has 1 saturated carbocycles. The van der Waals surface area contributed by atoms with Crippen LogP contribution in [0, 0.1) is 12.8 Å². The Balaban J connectivity index is 0.00000165. The molecular weight excluding hydrogens is 540 g/mol. The summed E-state index contributed by atoms with van der Waals surface area (Å²) in [5.74, 6) is 0.697. The summed E-state index contributed by atoms with van der Waals surface area (Å²) in [6.45, 7) is 10.3. The molecule has 0 saturated heterocycles. The van der Waals surface area contributed by atoms with Gasteiger partial charge in [-0.1, -0.05) is 31.5 Å². The highest BCUT2D eigenvalue weighted by Gasteiger charge is 2.27. The third kappa shape index (κ3) is 5.79. The van der Waals surface area contributed by atoms with Crippen LogP contribution < -0.4 is 21.5 Å². The molecule has 10 nitrogen and oxygen atoms in total. The normalized spacial score (nSPS) is 15.2. The molecule has 0 radical (unpaired) electrons. The van der Waals surface area contributed by atoms with Gasteiger partial charge in [0.1, 0.15) is 5.15 Å². The maximum absolute atomic E-state index is 13.6. The van der Waals surface area contributed by atoms with Crippen LogP contribution >= 0.6 is 11.6 Å². The molecule has 41 heavy (non-hydrogen) atoms. The van der Waals surface area contributed by atoms with Gasteiger partial charge in [-0.3, -0.25) is 18.8 Å². The van der Waals surface area contributed by atoms with Gasteiger partial charge in [0.05, 0.1) is 28.3 Å². The number of primary amides is 1. The van der Waals surface area contributed by atoms with E-state index in [0.29, 0.717) is 29.1 Å². The molecule has 3 N–H and O–H groups in total. The number of aromatic nitrogens is 5. The van der Waals surface area contributed by atoms with Gasteiger partial charge >= 0.3 is 0 Å². The van der Waals surface area contributed by atoms with E-state index in [1.165, 1.54) is 18.4 Å². The number of anilines is 2. The predicted octanol–water partition coefficient (Wildman–Crippen LogP) is 4.76. The third-order valence-corrected chi connectivity index (χ3v) is 7.80. The number of aryl methyl sites for hydroxylation is 1. The molecule has 4 heterocycles. The summed E-state index contributed by atoms with van der Waals surface area (Å²) in [7, 11) is 1.78. The van der Waals surface area contributed by atoms with Crippen LogP contribution in [-0.4, -0.2) is 36.8 Å². The Kier molecular flexibility index (Phi) is 8.04. The highest BCUT2D eigenvalue weighted by atomic mass is 35.5. The zero-order chi connectivity index (χ0) is 29.4. The van der Waals surface area contributed by atoms with Crippen LogP contribution in [0.15, 0.2) is 35.3 Å². The highest BCUT2D eigenvalue weighted by Crippen LogP contribution is 2.32. The van der Waals surface area contributed by atoms with E-state index >= 15 is 0 Å². The molecule has 6 rings (SSSR count). The number of rotatable bonds is 7. The lowest BCUT2D eigenvalue weighted by molar-refractivity contribution is 0.0996. The molecule has 2 aliphatic rings. The second-order valence-corrected chi connectivity index (χ2v) is 11.1. The number of hydrogen-bond acceptors (Lipinski definition) is 7. The molecule has 0 bridgehead atoms. The minimum atomic E-state index is -0.680. The van der Waals surface area contributed by atoms with Crippen molar-refractivity contribution in [1.29, 1.82) is 0 Å². The van der Waals surface area contributed by atoms with Crippen molar-refractivity contribution in [2.75, 3.05) is 16.8 Å². The summed E-state index contributed by atoms with van der Waals surface area (Å²) in [6, 6.07) is 6.85. The van der Waals surface area contributed by atoms with Gasteiger partial charge < -0.3 is 16.0 Å². The van der Waals surface area contributed by atoms with Crippen molar-refractivity contribution in [2.24, 2.45) is 18.7 Å². The van der Waals surface area contributed by atoms with Crippen molar-refractivity contribution in [1.82, 2.24) is 24.3 Å². The summed E-state index contributed by atoms with van der Waals surface area (Å²) >= 11 is 5.99. The molecule has 1 aromatic carbocycles. The minimum Gasteiger partial charge on any atom is -0.377 e. The van der Waals surface area contributed by atoms with Crippen LogP contribution in [0.1, 0.15) is 72.5 Å². The molecule has 1 unspecified atom stereocenters. The number of fused-ring (bicyclic) bond motifs is 2. The lowest BCUT2D eigenvalue weighted by Crippen LogP contribution is -2.35. The Morgan fingerprint density at radius 1 is 1.22 bits per heavy atom. The Labute approximate surface area is 244 Å². The number of nitrogens with two attached hydrogens (primary N) is 1. The summed E-state index contributed by atoms with van der Waals surface area (Å²) in [6.07, 6.45) is 5.52. The smallest absolute Gasteiger partial charge is 0.269 e. The second-order valence-electron chi connectivity index (χ2n) is 10.7. The third-order valence-electron chi connectivity index (χ3n) is 7.59. The largest absolute Gasteiger partial charge is 0.377 e. The lowest BCUT2D eigenvalue weighted by Gasteiger charge is -2.29. The first-order chi connectivity index (χ1) is 19.7. The zero-order valence-electron chi connectivity index (χ0n) is 24.2. The molecule has 1 aliphatic heterocycles. The van der Waals surface area contributed by atoms with Gasteiger partial charge in [-0.2, -0.15) is 5.10 Å². The lowest BCUT2D eigenvalue weighted by atomic mass is 10.0. The van der Waals surface area contributed by atoms with E-state index in [9.17, 15) is 9.59 Å². The van der Waals surface area contributed by atoms with Gasteiger partial charge in [0, 0.05) is 50.4 Å². The fraction of sp³-hybridized carbons (Fsp3) is 0.433. The zero-order valence-corrected chi connectivity index (χ0v) is 25.0. The standard InChI is InChI=1S/C28H31ClN8O2.C2H6/c1-15-10-19(16(2)31-22-6-7-23(29)32-25(22)26(30)38)24-20(11-15)27(39)35(3)28(33-24)36-9-8-21-18(13-36)14-37(34-21)12-17-4-5-17;1-2/h6-7,10-11,14,16-17,31H,4-5,8-9,12-13H2,1-3H3,(H2,30,38);1-2H3. The summed E-state index contributed by atoms with van der Waals surface area (Å²) in [5, 5.41) is 8.86. The Morgan fingerprint density at radius 2 is 1.98 bits per heavy atom. The number of amides is 1. The fourth-order valence-electron chi connectivity index (χ4n) is 5.40. The van der Waals surface area contributed by atoms with Crippen LogP contribution in [-0.2, 0) is 26.6 Å². The van der Waals surface area contributed by atoms with Crippen molar-refractivity contribution >= 4 is 40.0 Å². The van der Waals surface area contributed by atoms with E-state index in [4.69, 9.17) is 27.4 Å². The molecular formula is C30H37ClN8O2. The van der Waals surface area contributed by atoms with E-state index in [-0.39, 0.29) is 22.4 Å². The summed E-state index contributed by atoms with van der Waals surface area (Å²) < 4.78 is 3.72. The Bertz CT molecular complexity index is 1670. The van der Waals surface area contributed by atoms with E-state index in [1.807, 2.05) is 39.8 Å². The van der Waals surface area contributed by atoms with Crippen molar-refractivity contribution in [3.05, 3.63) is 74.0 Å². The number of halogens is 1. The summed E-state index contributed by atoms with van der Waals surface area (Å²) in [5.41, 5.74) is 10.7. The molecule has 1 fully saturated rings. The predicted molar refractivity (Wildman–Crippen MR) is 163 cm³/mol. The van der Waals surface area contributed by atoms with Crippen molar-refractivity contribution in [2.45, 2.75) is 66.1 Å². The molecule has 1 amide bonds. The van der Waals surface area contributed by atoms with Crippen LogP contribution in [0.25, 0.3) is 10.9 Å². The first-order valence-electron chi connectivity index (χ1n) is 14.2. The number of carbonyl (C=O) groups is 1. The Hall–Kier alpha value is -3.92. The van der Waals surface area contributed by atoms with Gasteiger partial charge in [0.2, 0.25) is 5.95 Å². The number of nitrogens with one attached hydrogen (secondary N) is 1. The van der Waals surface area contributed by atoms with Gasteiger partial charge in [-0.05, 0) is 56.4 Å². The monoisotopic (exact) mass is 576 g/mol. The first kappa shape index (κ1) is 28.6. The van der Waals surface area contributed by atoms with Gasteiger partial charge in [-0.25, -0.2) is 9.97 Å². The SMILES string of the molecule is CC.Cc1cc(C(C)Nc2ccc(Cl)nc2C(N)=O)c2nc(N3CCc4nn(CC5CC5)cc4C3)n(C)c(=O)c2c1. The Morgan fingerprint density at radius 3 is 2.68 bits per heavy atom. The maximum atomic E-state index is 13.6. The van der Waals surface area contributed by atoms with Crippen LogP contribution in [0.3, 0.4) is 0 Å². The number of benzene rings is 1. The van der Waals surface area contributed by atoms with Crippen LogP contribution in [0.5, 0.6) is 0 Å². The number of nitrogens with zero attached hydrogens (tertiary/aromatic N) is 6. The van der Waals surface area contributed by atoms with Gasteiger partial charge in [0.25, 0.3) is 11.5 Å².